The van der Waals surface area contributed by atoms with E-state index in [2.05, 4.69) is 20.5 Å². The van der Waals surface area contributed by atoms with Crippen LogP contribution in [0.2, 0.25) is 5.02 Å². The highest BCUT2D eigenvalue weighted by Crippen LogP contribution is 2.43. The number of ether oxygens (including phenoxy) is 1. The Balaban J connectivity index is 1.53. The molecule has 4 aromatic heterocycles. The lowest BCUT2D eigenvalue weighted by molar-refractivity contribution is 0.100. The highest BCUT2D eigenvalue weighted by Gasteiger charge is 2.27. The van der Waals surface area contributed by atoms with Gasteiger partial charge in [-0.15, -0.1) is 11.3 Å². The van der Waals surface area contributed by atoms with Gasteiger partial charge >= 0.3 is 0 Å². The van der Waals surface area contributed by atoms with Crippen molar-refractivity contribution in [2.75, 3.05) is 5.32 Å². The van der Waals surface area contributed by atoms with Crippen molar-refractivity contribution >= 4 is 50.7 Å². The molecule has 0 radical (unpaired) electrons. The van der Waals surface area contributed by atoms with Crippen molar-refractivity contribution in [1.29, 1.82) is 0 Å². The molecule has 0 aliphatic rings. The maximum absolute atomic E-state index is 13.8. The molecule has 0 bridgehead atoms. The van der Waals surface area contributed by atoms with E-state index < -0.39 is 23.9 Å². The van der Waals surface area contributed by atoms with Crippen LogP contribution in [0.1, 0.15) is 44.9 Å². The van der Waals surface area contributed by atoms with Crippen molar-refractivity contribution in [3.63, 3.8) is 0 Å². The summed E-state index contributed by atoms with van der Waals surface area (Å²) in [6.07, 6.45) is 0.229. The van der Waals surface area contributed by atoms with E-state index in [0.717, 1.165) is 17.0 Å². The normalized spacial score (nSPS) is 11.3. The average molecular weight is 586 g/mol. The summed E-state index contributed by atoms with van der Waals surface area (Å²) in [4.78, 5) is 29.8. The van der Waals surface area contributed by atoms with Crippen LogP contribution in [0.4, 0.5) is 14.5 Å². The Labute approximate surface area is 235 Å². The zero-order valence-corrected chi connectivity index (χ0v) is 22.8. The third-order valence-electron chi connectivity index (χ3n) is 6.12. The molecule has 5 rings (SSSR count). The zero-order chi connectivity index (χ0) is 28.6. The number of para-hydroxylation sites is 1. The molecular weight excluding hydrogens is 564 g/mol. The lowest BCUT2D eigenvalue weighted by Crippen LogP contribution is -2.18. The van der Waals surface area contributed by atoms with Crippen molar-refractivity contribution in [3.05, 3.63) is 75.8 Å². The fraction of sp³-hybridized carbons (Fsp3) is 0.192. The number of carbonyl (C=O) groups excluding carboxylic acids is 2. The topological polar surface area (TPSA) is 130 Å². The van der Waals surface area contributed by atoms with Crippen LogP contribution in [0, 0.1) is 6.92 Å². The summed E-state index contributed by atoms with van der Waals surface area (Å²) in [6.45, 7) is 4.24. The van der Waals surface area contributed by atoms with Gasteiger partial charge in [-0.2, -0.15) is 10.2 Å². The van der Waals surface area contributed by atoms with Gasteiger partial charge in [-0.25, -0.2) is 18.4 Å². The highest BCUT2D eigenvalue weighted by atomic mass is 35.5. The largest absolute Gasteiger partial charge is 0.470 e. The molecule has 1 aromatic carbocycles. The van der Waals surface area contributed by atoms with Crippen LogP contribution in [0.3, 0.4) is 0 Å². The minimum Gasteiger partial charge on any atom is -0.470 e. The molecule has 40 heavy (non-hydrogen) atoms. The predicted molar refractivity (Wildman–Crippen MR) is 147 cm³/mol. The molecule has 0 unspecified atom stereocenters. The van der Waals surface area contributed by atoms with E-state index in [0.29, 0.717) is 33.8 Å². The summed E-state index contributed by atoms with van der Waals surface area (Å²) in [5.41, 5.74) is 6.85. The van der Waals surface area contributed by atoms with Gasteiger partial charge in [-0.1, -0.05) is 23.7 Å². The van der Waals surface area contributed by atoms with Crippen molar-refractivity contribution in [1.82, 2.24) is 24.5 Å². The predicted octanol–water partition coefficient (Wildman–Crippen LogP) is 5.66. The Morgan fingerprint density at radius 3 is 2.67 bits per heavy atom. The molecule has 0 aliphatic heterocycles. The third-order valence-corrected chi connectivity index (χ3v) is 7.53. The molecule has 0 fully saturated rings. The molecule has 2 amide bonds. The fourth-order valence-electron chi connectivity index (χ4n) is 4.19. The molecule has 0 saturated carbocycles. The number of rotatable bonds is 9. The lowest BCUT2D eigenvalue weighted by atomic mass is 10.0. The van der Waals surface area contributed by atoms with Crippen molar-refractivity contribution in [3.8, 4) is 16.9 Å². The van der Waals surface area contributed by atoms with E-state index in [1.807, 2.05) is 6.92 Å². The van der Waals surface area contributed by atoms with Crippen molar-refractivity contribution in [2.24, 2.45) is 5.73 Å². The van der Waals surface area contributed by atoms with Crippen LogP contribution in [-0.2, 0) is 13.3 Å². The van der Waals surface area contributed by atoms with Crippen LogP contribution in [0.5, 0.6) is 5.75 Å². The number of anilines is 1. The number of alkyl halides is 2. The first-order chi connectivity index (χ1) is 19.2. The Hall–Kier alpha value is -4.36. The van der Waals surface area contributed by atoms with E-state index in [9.17, 15) is 18.4 Å². The number of fused-ring (bicyclic) bond motifs is 1. The third kappa shape index (κ3) is 5.12. The number of nitrogens with one attached hydrogen (secondary N) is 1. The van der Waals surface area contributed by atoms with Gasteiger partial charge in [0.1, 0.15) is 21.2 Å². The van der Waals surface area contributed by atoms with Crippen LogP contribution in [-0.4, -0.2) is 36.4 Å². The number of hydrogen-bond acceptors (Lipinski definition) is 7. The maximum atomic E-state index is 13.8. The minimum atomic E-state index is -2.86. The molecule has 4 heterocycles. The number of amides is 2. The van der Waals surface area contributed by atoms with Crippen molar-refractivity contribution in [2.45, 2.75) is 33.5 Å². The summed E-state index contributed by atoms with van der Waals surface area (Å²) in [6, 6.07) is 9.63. The first-order valence-electron chi connectivity index (χ1n) is 12.0. The first-order valence-corrected chi connectivity index (χ1v) is 13.2. The number of aryl methyl sites for hydroxylation is 1. The van der Waals surface area contributed by atoms with Crippen molar-refractivity contribution < 1.29 is 23.1 Å². The van der Waals surface area contributed by atoms with Crippen LogP contribution in [0.25, 0.3) is 21.3 Å². The number of primary amides is 1. The van der Waals surface area contributed by atoms with Gasteiger partial charge in [-0.05, 0) is 43.7 Å². The van der Waals surface area contributed by atoms with E-state index in [1.165, 1.54) is 23.0 Å². The molecule has 0 spiro atoms. The standard InChI is InChI=1S/C26H22ClF2N7O3S/c1-3-36-13(2)15(11-31-36)14-10-18(23(28)29)32-26-20(14)21(22(40-26)24(30)37)33-25(38)17-8-9-35(34-17)12-39-19-7-5-4-6-16(19)27/h4-11,23H,3,12H2,1-2H3,(H2,30,37)(H,33,38). The molecule has 0 saturated heterocycles. The SMILES string of the molecule is CCn1ncc(-c2cc(C(F)F)nc3sc(C(N)=O)c(NC(=O)c4ccn(COc5ccccc5Cl)n4)c23)c1C. The number of carbonyl (C=O) groups is 2. The van der Waals surface area contributed by atoms with Crippen LogP contribution >= 0.6 is 22.9 Å². The Morgan fingerprint density at radius 2 is 2.00 bits per heavy atom. The molecule has 14 heteroatoms. The summed E-state index contributed by atoms with van der Waals surface area (Å²) >= 11 is 6.93. The Bertz CT molecular complexity index is 1750. The van der Waals surface area contributed by atoms with E-state index in [4.69, 9.17) is 22.1 Å². The number of nitrogens with two attached hydrogens (primary N) is 1. The van der Waals surface area contributed by atoms with E-state index >= 15 is 0 Å². The second-order valence-corrected chi connectivity index (χ2v) is 10.0. The quantitative estimate of drug-likeness (QED) is 0.229. The number of pyridine rings is 1. The fourth-order valence-corrected chi connectivity index (χ4v) is 5.40. The molecule has 3 N–H and O–H groups in total. The van der Waals surface area contributed by atoms with Gasteiger partial charge < -0.3 is 15.8 Å². The highest BCUT2D eigenvalue weighted by molar-refractivity contribution is 7.21. The Morgan fingerprint density at radius 1 is 1.23 bits per heavy atom. The maximum Gasteiger partial charge on any atom is 0.280 e. The molecule has 206 valence electrons. The summed E-state index contributed by atoms with van der Waals surface area (Å²) in [7, 11) is 0. The number of halogens is 3. The molecule has 0 atom stereocenters. The average Bonchev–Trinajstić information content (AvgIpc) is 3.65. The smallest absolute Gasteiger partial charge is 0.280 e. The second-order valence-electron chi connectivity index (χ2n) is 8.60. The molecular formula is C26H22ClF2N7O3S. The molecule has 0 aliphatic carbocycles. The minimum absolute atomic E-state index is 0.0178. The van der Waals surface area contributed by atoms with Gasteiger partial charge in [0.05, 0.1) is 16.9 Å². The number of benzene rings is 1. The molecule has 10 nitrogen and oxygen atoms in total. The first kappa shape index (κ1) is 27.2. The van der Waals surface area contributed by atoms with Gasteiger partial charge in [0.25, 0.3) is 18.2 Å². The van der Waals surface area contributed by atoms with E-state index in [1.54, 1.807) is 42.1 Å². The second kappa shape index (κ2) is 11.0. The van der Waals surface area contributed by atoms with Gasteiger partial charge in [0.15, 0.2) is 12.4 Å². The van der Waals surface area contributed by atoms with Crippen LogP contribution in [0.15, 0.2) is 48.8 Å². The van der Waals surface area contributed by atoms with Gasteiger partial charge in [0, 0.05) is 29.4 Å². The molecule has 5 aromatic rings. The number of thiophene rings is 1. The Kier molecular flexibility index (Phi) is 7.50. The monoisotopic (exact) mass is 585 g/mol. The summed E-state index contributed by atoms with van der Waals surface area (Å²) in [5, 5.41) is 12.0. The summed E-state index contributed by atoms with van der Waals surface area (Å²) in [5.74, 6) is -1.04. The lowest BCUT2D eigenvalue weighted by Gasteiger charge is -2.11. The summed E-state index contributed by atoms with van der Waals surface area (Å²) < 4.78 is 36.3. The van der Waals surface area contributed by atoms with Gasteiger partial charge in [-0.3, -0.25) is 14.3 Å². The number of hydrogen-bond donors (Lipinski definition) is 2. The number of nitrogens with zero attached hydrogens (tertiary/aromatic N) is 5. The number of aromatic nitrogens is 5. The van der Waals surface area contributed by atoms with Gasteiger partial charge in [0.2, 0.25) is 0 Å². The van der Waals surface area contributed by atoms with E-state index in [-0.39, 0.29) is 27.8 Å². The zero-order valence-electron chi connectivity index (χ0n) is 21.2. The van der Waals surface area contributed by atoms with Crippen LogP contribution < -0.4 is 15.8 Å².